The van der Waals surface area contributed by atoms with Gasteiger partial charge >= 0.3 is 0 Å². The molecular weight excluding hydrogens is 384 g/mol. The average molecular weight is 405 g/mol. The number of amides is 2. The van der Waals surface area contributed by atoms with Crippen LogP contribution in [0.5, 0.6) is 0 Å². The SMILES string of the molecule is NC(=O)C(Cc1ccccc1)CC(O)CNC(=O)c1cccc(Br)c1. The second-order valence-corrected chi connectivity index (χ2v) is 6.81. The minimum atomic E-state index is -0.850. The highest BCUT2D eigenvalue weighted by molar-refractivity contribution is 9.10. The van der Waals surface area contributed by atoms with E-state index in [0.717, 1.165) is 10.0 Å². The fourth-order valence-electron chi connectivity index (χ4n) is 2.55. The highest BCUT2D eigenvalue weighted by Gasteiger charge is 2.21. The van der Waals surface area contributed by atoms with Gasteiger partial charge in [-0.2, -0.15) is 0 Å². The number of aliphatic hydroxyl groups excluding tert-OH is 1. The van der Waals surface area contributed by atoms with Gasteiger partial charge in [0, 0.05) is 22.5 Å². The lowest BCUT2D eigenvalue weighted by Gasteiger charge is -2.18. The van der Waals surface area contributed by atoms with E-state index in [1.54, 1.807) is 18.2 Å². The molecule has 0 spiro atoms. The van der Waals surface area contributed by atoms with E-state index in [-0.39, 0.29) is 18.9 Å². The van der Waals surface area contributed by atoms with Crippen molar-refractivity contribution in [1.29, 1.82) is 0 Å². The molecule has 0 aliphatic rings. The molecule has 4 N–H and O–H groups in total. The van der Waals surface area contributed by atoms with Gasteiger partial charge in [0.05, 0.1) is 6.10 Å². The summed E-state index contributed by atoms with van der Waals surface area (Å²) in [7, 11) is 0. The number of hydrogen-bond donors (Lipinski definition) is 3. The van der Waals surface area contributed by atoms with E-state index in [1.165, 1.54) is 0 Å². The van der Waals surface area contributed by atoms with Gasteiger partial charge in [0.15, 0.2) is 0 Å². The highest BCUT2D eigenvalue weighted by atomic mass is 79.9. The van der Waals surface area contributed by atoms with Crippen LogP contribution in [0.15, 0.2) is 59.1 Å². The Kier molecular flexibility index (Phi) is 7.16. The third-order valence-electron chi connectivity index (χ3n) is 3.87. The summed E-state index contributed by atoms with van der Waals surface area (Å²) >= 11 is 3.31. The Morgan fingerprint density at radius 1 is 1.12 bits per heavy atom. The number of hydrogen-bond acceptors (Lipinski definition) is 3. The Balaban J connectivity index is 1.87. The molecule has 0 bridgehead atoms. The second kappa shape index (κ2) is 9.34. The van der Waals surface area contributed by atoms with Crippen molar-refractivity contribution in [3.8, 4) is 0 Å². The van der Waals surface area contributed by atoms with E-state index in [1.807, 2.05) is 36.4 Å². The molecule has 2 rings (SSSR count). The summed E-state index contributed by atoms with van der Waals surface area (Å²) in [6, 6.07) is 16.5. The smallest absolute Gasteiger partial charge is 0.251 e. The Hall–Kier alpha value is -2.18. The summed E-state index contributed by atoms with van der Waals surface area (Å²) in [6.45, 7) is 0.0594. The van der Waals surface area contributed by atoms with Gasteiger partial charge in [0.1, 0.15) is 0 Å². The highest BCUT2D eigenvalue weighted by Crippen LogP contribution is 2.15. The van der Waals surface area contributed by atoms with Crippen molar-refractivity contribution in [3.63, 3.8) is 0 Å². The molecule has 0 aliphatic carbocycles. The lowest BCUT2D eigenvalue weighted by molar-refractivity contribution is -0.122. The van der Waals surface area contributed by atoms with Crippen LogP contribution in [0.4, 0.5) is 0 Å². The zero-order valence-corrected chi connectivity index (χ0v) is 15.3. The first-order valence-corrected chi connectivity index (χ1v) is 8.80. The van der Waals surface area contributed by atoms with Crippen molar-refractivity contribution in [2.24, 2.45) is 11.7 Å². The molecule has 6 heteroatoms. The van der Waals surface area contributed by atoms with Crippen molar-refractivity contribution in [2.45, 2.75) is 18.9 Å². The van der Waals surface area contributed by atoms with Crippen LogP contribution in [0, 0.1) is 5.92 Å². The van der Waals surface area contributed by atoms with Crippen LogP contribution >= 0.6 is 15.9 Å². The lowest BCUT2D eigenvalue weighted by atomic mass is 9.93. The maximum atomic E-state index is 12.1. The van der Waals surface area contributed by atoms with Crippen molar-refractivity contribution in [1.82, 2.24) is 5.32 Å². The maximum absolute atomic E-state index is 12.1. The quantitative estimate of drug-likeness (QED) is 0.629. The van der Waals surface area contributed by atoms with Crippen LogP contribution in [0.1, 0.15) is 22.3 Å². The maximum Gasteiger partial charge on any atom is 0.251 e. The molecule has 25 heavy (non-hydrogen) atoms. The first-order chi connectivity index (χ1) is 12.0. The van der Waals surface area contributed by atoms with E-state index in [0.29, 0.717) is 12.0 Å². The molecule has 0 fully saturated rings. The van der Waals surface area contributed by atoms with Gasteiger partial charge in [-0.25, -0.2) is 0 Å². The van der Waals surface area contributed by atoms with Gasteiger partial charge in [-0.3, -0.25) is 9.59 Å². The third kappa shape index (κ3) is 6.32. The Morgan fingerprint density at radius 3 is 2.48 bits per heavy atom. The number of carbonyl (C=O) groups excluding carboxylic acids is 2. The molecule has 2 atom stereocenters. The molecule has 2 aromatic rings. The predicted molar refractivity (Wildman–Crippen MR) is 99.9 cm³/mol. The van der Waals surface area contributed by atoms with Gasteiger partial charge in [-0.15, -0.1) is 0 Å². The molecule has 2 amide bonds. The average Bonchev–Trinajstić information content (AvgIpc) is 2.60. The summed E-state index contributed by atoms with van der Waals surface area (Å²) < 4.78 is 0.803. The molecule has 0 aromatic heterocycles. The molecule has 0 heterocycles. The van der Waals surface area contributed by atoms with E-state index < -0.39 is 17.9 Å². The first-order valence-electron chi connectivity index (χ1n) is 8.00. The van der Waals surface area contributed by atoms with Crippen LogP contribution < -0.4 is 11.1 Å². The van der Waals surface area contributed by atoms with Crippen molar-refractivity contribution < 1.29 is 14.7 Å². The standard InChI is InChI=1S/C19H21BrN2O3/c20-16-8-4-7-14(10-16)19(25)22-12-17(23)11-15(18(21)24)9-13-5-2-1-3-6-13/h1-8,10,15,17,23H,9,11-12H2,(H2,21,24)(H,22,25). The number of nitrogens with two attached hydrogens (primary N) is 1. The summed E-state index contributed by atoms with van der Waals surface area (Å²) in [5.74, 6) is -1.22. The van der Waals surface area contributed by atoms with Crippen LogP contribution in [-0.4, -0.2) is 29.6 Å². The van der Waals surface area contributed by atoms with Crippen molar-refractivity contribution in [2.75, 3.05) is 6.54 Å². The molecule has 0 aliphatic heterocycles. The monoisotopic (exact) mass is 404 g/mol. The molecule has 0 radical (unpaired) electrons. The molecule has 2 aromatic carbocycles. The van der Waals surface area contributed by atoms with Crippen LogP contribution in [0.2, 0.25) is 0 Å². The topological polar surface area (TPSA) is 92.4 Å². The molecule has 0 saturated carbocycles. The molecule has 132 valence electrons. The van der Waals surface area contributed by atoms with E-state index in [4.69, 9.17) is 5.73 Å². The first kappa shape index (κ1) is 19.1. The predicted octanol–water partition coefficient (Wildman–Crippen LogP) is 2.27. The van der Waals surface area contributed by atoms with Crippen LogP contribution in [0.3, 0.4) is 0 Å². The van der Waals surface area contributed by atoms with Crippen molar-refractivity contribution in [3.05, 3.63) is 70.2 Å². The third-order valence-corrected chi connectivity index (χ3v) is 4.36. The minimum Gasteiger partial charge on any atom is -0.391 e. The number of nitrogens with one attached hydrogen (secondary N) is 1. The van der Waals surface area contributed by atoms with Gasteiger partial charge in [-0.1, -0.05) is 52.3 Å². The second-order valence-electron chi connectivity index (χ2n) is 5.90. The zero-order valence-electron chi connectivity index (χ0n) is 13.7. The van der Waals surface area contributed by atoms with Gasteiger partial charge in [0.25, 0.3) is 5.91 Å². The zero-order chi connectivity index (χ0) is 18.2. The number of carbonyl (C=O) groups is 2. The number of rotatable bonds is 8. The summed E-state index contributed by atoms with van der Waals surface area (Å²) in [5, 5.41) is 12.8. The Labute approximate surface area is 155 Å². The molecule has 0 saturated heterocycles. The van der Waals surface area contributed by atoms with Gasteiger partial charge in [-0.05, 0) is 36.6 Å². The van der Waals surface area contributed by atoms with E-state index in [2.05, 4.69) is 21.2 Å². The van der Waals surface area contributed by atoms with Crippen LogP contribution in [0.25, 0.3) is 0 Å². The van der Waals surface area contributed by atoms with Crippen LogP contribution in [-0.2, 0) is 11.2 Å². The number of benzene rings is 2. The lowest BCUT2D eigenvalue weighted by Crippen LogP contribution is -2.36. The molecular formula is C19H21BrN2O3. The Morgan fingerprint density at radius 2 is 1.84 bits per heavy atom. The number of halogens is 1. The van der Waals surface area contributed by atoms with E-state index >= 15 is 0 Å². The summed E-state index contributed by atoms with van der Waals surface area (Å²) in [6.07, 6.45) is -0.187. The largest absolute Gasteiger partial charge is 0.391 e. The van der Waals surface area contributed by atoms with Crippen molar-refractivity contribution >= 4 is 27.7 Å². The normalized spacial score (nSPS) is 13.0. The van der Waals surface area contributed by atoms with E-state index in [9.17, 15) is 14.7 Å². The molecule has 5 nitrogen and oxygen atoms in total. The fourth-order valence-corrected chi connectivity index (χ4v) is 2.95. The van der Waals surface area contributed by atoms with Gasteiger partial charge < -0.3 is 16.2 Å². The number of aliphatic hydroxyl groups is 1. The van der Waals surface area contributed by atoms with Gasteiger partial charge in [0.2, 0.25) is 5.91 Å². The Bertz CT molecular complexity index is 722. The minimum absolute atomic E-state index is 0.0594. The number of primary amides is 1. The molecule has 2 unspecified atom stereocenters. The summed E-state index contributed by atoms with van der Waals surface area (Å²) in [4.78, 5) is 23.7. The fraction of sp³-hybridized carbons (Fsp3) is 0.263. The summed E-state index contributed by atoms with van der Waals surface area (Å²) in [5.41, 5.74) is 6.93.